The maximum Gasteiger partial charge on any atom is 0.279 e. The van der Waals surface area contributed by atoms with Gasteiger partial charge < -0.3 is 10.1 Å². The van der Waals surface area contributed by atoms with E-state index in [1.807, 2.05) is 19.1 Å². The summed E-state index contributed by atoms with van der Waals surface area (Å²) in [5, 5.41) is 3.30. The first kappa shape index (κ1) is 20.4. The van der Waals surface area contributed by atoms with Crippen LogP contribution in [0.5, 0.6) is 11.6 Å². The Bertz CT molecular complexity index is 1310. The number of aromatic nitrogens is 3. The van der Waals surface area contributed by atoms with Crippen LogP contribution in [-0.2, 0) is 0 Å². The molecule has 2 aromatic heterocycles. The summed E-state index contributed by atoms with van der Waals surface area (Å²) in [6.45, 7) is 3.27. The van der Waals surface area contributed by atoms with Crippen LogP contribution in [0, 0.1) is 6.92 Å². The molecule has 0 atom stereocenters. The van der Waals surface area contributed by atoms with Gasteiger partial charge in [-0.1, -0.05) is 23.7 Å². The van der Waals surface area contributed by atoms with Gasteiger partial charge >= 0.3 is 0 Å². The summed E-state index contributed by atoms with van der Waals surface area (Å²) < 4.78 is 5.96. The summed E-state index contributed by atoms with van der Waals surface area (Å²) in [6, 6.07) is 15.5. The number of halogens is 1. The van der Waals surface area contributed by atoms with Gasteiger partial charge in [0.25, 0.3) is 11.8 Å². The molecular formula is C23H17ClN4O3. The van der Waals surface area contributed by atoms with Crippen molar-refractivity contribution in [3.8, 4) is 11.6 Å². The van der Waals surface area contributed by atoms with E-state index in [4.69, 9.17) is 16.3 Å². The van der Waals surface area contributed by atoms with Crippen molar-refractivity contribution < 1.29 is 14.3 Å². The van der Waals surface area contributed by atoms with Crippen LogP contribution in [0.2, 0.25) is 5.02 Å². The third kappa shape index (κ3) is 4.51. The van der Waals surface area contributed by atoms with Gasteiger partial charge in [-0.05, 0) is 55.0 Å². The summed E-state index contributed by atoms with van der Waals surface area (Å²) >= 11 is 6.03. The van der Waals surface area contributed by atoms with E-state index in [2.05, 4.69) is 20.3 Å². The fourth-order valence-corrected chi connectivity index (χ4v) is 3.13. The monoisotopic (exact) mass is 432 g/mol. The number of anilines is 1. The van der Waals surface area contributed by atoms with E-state index in [1.54, 1.807) is 42.5 Å². The Kier molecular flexibility index (Phi) is 5.60. The van der Waals surface area contributed by atoms with Crippen LogP contribution in [0.1, 0.15) is 33.5 Å². The molecule has 31 heavy (non-hydrogen) atoms. The van der Waals surface area contributed by atoms with Crippen molar-refractivity contribution in [2.45, 2.75) is 13.8 Å². The summed E-state index contributed by atoms with van der Waals surface area (Å²) in [5.41, 5.74) is 2.68. The van der Waals surface area contributed by atoms with Crippen LogP contribution in [-0.4, -0.2) is 26.6 Å². The molecule has 7 nitrogen and oxygen atoms in total. The van der Waals surface area contributed by atoms with Crippen LogP contribution in [0.15, 0.2) is 60.8 Å². The number of fused-ring (bicyclic) bond motifs is 1. The largest absolute Gasteiger partial charge is 0.437 e. The Balaban J connectivity index is 1.71. The van der Waals surface area contributed by atoms with E-state index in [0.717, 1.165) is 5.56 Å². The molecule has 8 heteroatoms. The average Bonchev–Trinajstić information content (AvgIpc) is 2.75. The number of aryl methyl sites for hydroxylation is 1. The summed E-state index contributed by atoms with van der Waals surface area (Å²) in [7, 11) is 0. The molecule has 0 saturated heterocycles. The van der Waals surface area contributed by atoms with Gasteiger partial charge in [0, 0.05) is 11.9 Å². The molecule has 1 amide bonds. The van der Waals surface area contributed by atoms with E-state index in [1.165, 1.54) is 13.1 Å². The summed E-state index contributed by atoms with van der Waals surface area (Å²) in [4.78, 5) is 37.4. The quantitative estimate of drug-likeness (QED) is 0.434. The number of benzene rings is 2. The number of Topliss-reactive ketones (excluding diaryl/α,β-unsaturated/α-hetero) is 1. The number of nitrogens with one attached hydrogen (secondary N) is 1. The Hall–Kier alpha value is -3.84. The van der Waals surface area contributed by atoms with Gasteiger partial charge in [-0.2, -0.15) is 0 Å². The van der Waals surface area contributed by atoms with E-state index in [0.29, 0.717) is 33.2 Å². The fourth-order valence-electron chi connectivity index (χ4n) is 2.90. The highest BCUT2D eigenvalue weighted by molar-refractivity contribution is 6.30. The molecule has 0 bridgehead atoms. The Morgan fingerprint density at radius 3 is 2.39 bits per heavy atom. The third-order valence-corrected chi connectivity index (χ3v) is 4.71. The first-order valence-electron chi connectivity index (χ1n) is 9.40. The molecule has 0 aliphatic heterocycles. The number of rotatable bonds is 5. The number of para-hydroxylation sites is 2. The predicted octanol–water partition coefficient (Wildman–Crippen LogP) is 5.23. The Labute approximate surface area is 183 Å². The summed E-state index contributed by atoms with van der Waals surface area (Å²) in [5.74, 6) is -0.102. The van der Waals surface area contributed by atoms with Crippen molar-refractivity contribution in [1.82, 2.24) is 15.0 Å². The second-order valence-corrected chi connectivity index (χ2v) is 7.26. The Morgan fingerprint density at radius 1 is 1.00 bits per heavy atom. The van der Waals surface area contributed by atoms with E-state index >= 15 is 0 Å². The molecule has 0 spiro atoms. The van der Waals surface area contributed by atoms with Crippen molar-refractivity contribution in [2.24, 2.45) is 0 Å². The molecule has 4 aromatic rings. The summed E-state index contributed by atoms with van der Waals surface area (Å²) in [6.07, 6.45) is 1.41. The van der Waals surface area contributed by atoms with Gasteiger partial charge in [0.15, 0.2) is 11.5 Å². The first-order valence-corrected chi connectivity index (χ1v) is 9.77. The van der Waals surface area contributed by atoms with Crippen LogP contribution < -0.4 is 10.1 Å². The second kappa shape index (κ2) is 8.49. The molecule has 4 rings (SSSR count). The van der Waals surface area contributed by atoms with Crippen molar-refractivity contribution in [3.63, 3.8) is 0 Å². The standard InChI is InChI=1S/C23H17ClN4O3/c1-13-11-15(24)7-10-20(13)31-23-21(27-18-5-3-4-6-19(18)28-23)22(30)26-16-8-9-17(14(2)29)25-12-16/h3-12H,1-2H3,(H,26,30). The molecule has 0 fully saturated rings. The SMILES string of the molecule is CC(=O)c1ccc(NC(=O)c2nc3ccccc3nc2Oc2ccc(Cl)cc2C)cn1. The van der Waals surface area contributed by atoms with Crippen LogP contribution >= 0.6 is 11.6 Å². The van der Waals surface area contributed by atoms with Crippen molar-refractivity contribution >= 4 is 40.0 Å². The lowest BCUT2D eigenvalue weighted by Gasteiger charge is -2.13. The van der Waals surface area contributed by atoms with Crippen LogP contribution in [0.25, 0.3) is 11.0 Å². The topological polar surface area (TPSA) is 94.1 Å². The maximum absolute atomic E-state index is 13.0. The van der Waals surface area contributed by atoms with Crippen LogP contribution in [0.4, 0.5) is 5.69 Å². The number of hydrogen-bond donors (Lipinski definition) is 1. The zero-order chi connectivity index (χ0) is 22.0. The first-order chi connectivity index (χ1) is 14.9. The third-order valence-electron chi connectivity index (χ3n) is 4.48. The zero-order valence-electron chi connectivity index (χ0n) is 16.7. The lowest BCUT2D eigenvalue weighted by Crippen LogP contribution is -2.16. The van der Waals surface area contributed by atoms with Crippen molar-refractivity contribution in [3.05, 3.63) is 82.8 Å². The number of hydrogen-bond acceptors (Lipinski definition) is 6. The van der Waals surface area contributed by atoms with Gasteiger partial charge in [0.1, 0.15) is 11.4 Å². The number of ketones is 1. The van der Waals surface area contributed by atoms with Gasteiger partial charge in [-0.3, -0.25) is 14.6 Å². The molecule has 2 aromatic carbocycles. The minimum Gasteiger partial charge on any atom is -0.437 e. The molecule has 0 unspecified atom stereocenters. The lowest BCUT2D eigenvalue weighted by molar-refractivity contribution is 0.100. The molecule has 0 radical (unpaired) electrons. The van der Waals surface area contributed by atoms with E-state index < -0.39 is 5.91 Å². The fraction of sp³-hybridized carbons (Fsp3) is 0.0870. The van der Waals surface area contributed by atoms with E-state index in [9.17, 15) is 9.59 Å². The number of ether oxygens (including phenoxy) is 1. The van der Waals surface area contributed by atoms with Gasteiger partial charge in [0.2, 0.25) is 0 Å². The highest BCUT2D eigenvalue weighted by Crippen LogP contribution is 2.29. The molecule has 0 saturated carbocycles. The average molecular weight is 433 g/mol. The number of nitrogens with zero attached hydrogens (tertiary/aromatic N) is 3. The van der Waals surface area contributed by atoms with Gasteiger partial charge in [0.05, 0.1) is 22.9 Å². The highest BCUT2D eigenvalue weighted by Gasteiger charge is 2.20. The predicted molar refractivity (Wildman–Crippen MR) is 118 cm³/mol. The van der Waals surface area contributed by atoms with Crippen molar-refractivity contribution in [2.75, 3.05) is 5.32 Å². The minimum absolute atomic E-state index is 0.0173. The molecule has 0 aliphatic carbocycles. The van der Waals surface area contributed by atoms with Gasteiger partial charge in [-0.15, -0.1) is 0 Å². The van der Waals surface area contributed by atoms with Gasteiger partial charge in [-0.25, -0.2) is 9.97 Å². The number of carbonyl (C=O) groups excluding carboxylic acids is 2. The molecule has 154 valence electrons. The smallest absolute Gasteiger partial charge is 0.279 e. The zero-order valence-corrected chi connectivity index (χ0v) is 17.5. The molecule has 1 N–H and O–H groups in total. The van der Waals surface area contributed by atoms with Crippen molar-refractivity contribution in [1.29, 1.82) is 0 Å². The van der Waals surface area contributed by atoms with E-state index in [-0.39, 0.29) is 17.4 Å². The molecule has 2 heterocycles. The maximum atomic E-state index is 13.0. The molecular weight excluding hydrogens is 416 g/mol. The number of carbonyl (C=O) groups is 2. The second-order valence-electron chi connectivity index (χ2n) is 6.82. The normalized spacial score (nSPS) is 10.7. The number of amides is 1. The Morgan fingerprint density at radius 2 is 1.74 bits per heavy atom. The lowest BCUT2D eigenvalue weighted by atomic mass is 10.2. The number of pyridine rings is 1. The van der Waals surface area contributed by atoms with Crippen LogP contribution in [0.3, 0.4) is 0 Å². The minimum atomic E-state index is -0.516. The molecule has 0 aliphatic rings. The highest BCUT2D eigenvalue weighted by atomic mass is 35.5.